The molecule has 1 N–H and O–H groups in total. The summed E-state index contributed by atoms with van der Waals surface area (Å²) in [6.45, 7) is 1.87. The van der Waals surface area contributed by atoms with E-state index in [4.69, 9.17) is 9.47 Å². The first-order valence-electron chi connectivity index (χ1n) is 8.86. The molecular formula is C21H21NO5. The lowest BCUT2D eigenvalue weighted by atomic mass is 9.99. The van der Waals surface area contributed by atoms with E-state index in [1.807, 2.05) is 30.3 Å². The van der Waals surface area contributed by atoms with Gasteiger partial charge in [-0.15, -0.1) is 0 Å². The van der Waals surface area contributed by atoms with Crippen molar-refractivity contribution in [1.29, 1.82) is 0 Å². The number of carbonyl (C=O) groups excluding carboxylic acids is 3. The minimum Gasteiger partial charge on any atom is -0.494 e. The zero-order chi connectivity index (χ0) is 19.2. The summed E-state index contributed by atoms with van der Waals surface area (Å²) in [7, 11) is 0. The molecule has 1 heterocycles. The maximum absolute atomic E-state index is 12.2. The van der Waals surface area contributed by atoms with Crippen LogP contribution < -0.4 is 10.1 Å². The average molecular weight is 367 g/mol. The van der Waals surface area contributed by atoms with E-state index in [1.165, 1.54) is 0 Å². The van der Waals surface area contributed by atoms with Crippen LogP contribution in [0.3, 0.4) is 0 Å². The third kappa shape index (κ3) is 4.73. The van der Waals surface area contributed by atoms with Crippen LogP contribution >= 0.6 is 0 Å². The van der Waals surface area contributed by atoms with Crippen molar-refractivity contribution in [3.05, 3.63) is 59.7 Å². The average Bonchev–Trinajstić information content (AvgIpc) is 2.97. The largest absolute Gasteiger partial charge is 0.494 e. The van der Waals surface area contributed by atoms with Gasteiger partial charge in [0.25, 0.3) is 0 Å². The highest BCUT2D eigenvalue weighted by Gasteiger charge is 2.27. The first-order chi connectivity index (χ1) is 13.0. The topological polar surface area (TPSA) is 81.7 Å². The Morgan fingerprint density at radius 3 is 2.67 bits per heavy atom. The third-order valence-electron chi connectivity index (χ3n) is 4.39. The molecule has 0 aromatic heterocycles. The molecule has 1 amide bonds. The standard InChI is InChI=1S/C21H21NO5/c1-14-17-12-15(9-10-18(17)22-21(14)25)19(23)13-27-20(24)8-5-11-26-16-6-3-2-4-7-16/h2-4,6-7,9-10,12,14H,5,8,11,13H2,1H3,(H,22,25)/t14-/m1/s1. The van der Waals surface area contributed by atoms with E-state index >= 15 is 0 Å². The van der Waals surface area contributed by atoms with Crippen LogP contribution in [-0.2, 0) is 14.3 Å². The van der Waals surface area contributed by atoms with Gasteiger partial charge >= 0.3 is 5.97 Å². The number of carbonyl (C=O) groups is 3. The third-order valence-corrected chi connectivity index (χ3v) is 4.39. The summed E-state index contributed by atoms with van der Waals surface area (Å²) in [5.41, 5.74) is 1.94. The van der Waals surface area contributed by atoms with Crippen LogP contribution in [0.2, 0.25) is 0 Å². The number of nitrogens with one attached hydrogen (secondary N) is 1. The van der Waals surface area contributed by atoms with Gasteiger partial charge in [-0.1, -0.05) is 18.2 Å². The minimum atomic E-state index is -0.439. The normalized spacial score (nSPS) is 15.0. The summed E-state index contributed by atoms with van der Waals surface area (Å²) in [4.78, 5) is 35.7. The fraction of sp³-hybridized carbons (Fsp3) is 0.286. The van der Waals surface area contributed by atoms with E-state index in [-0.39, 0.29) is 30.6 Å². The van der Waals surface area contributed by atoms with Crippen molar-refractivity contribution < 1.29 is 23.9 Å². The molecule has 6 nitrogen and oxygen atoms in total. The number of fused-ring (bicyclic) bond motifs is 1. The van der Waals surface area contributed by atoms with E-state index in [2.05, 4.69) is 5.32 Å². The Bertz CT molecular complexity index is 847. The van der Waals surface area contributed by atoms with Crippen LogP contribution in [0.25, 0.3) is 0 Å². The first kappa shape index (κ1) is 18.6. The maximum atomic E-state index is 12.2. The number of hydrogen-bond acceptors (Lipinski definition) is 5. The van der Waals surface area contributed by atoms with Crippen LogP contribution in [0.1, 0.15) is 41.6 Å². The monoisotopic (exact) mass is 367 g/mol. The van der Waals surface area contributed by atoms with Crippen LogP contribution in [-0.4, -0.2) is 30.9 Å². The minimum absolute atomic E-state index is 0.0845. The molecule has 1 aliphatic rings. The van der Waals surface area contributed by atoms with Crippen LogP contribution in [0.4, 0.5) is 5.69 Å². The second-order valence-corrected chi connectivity index (χ2v) is 6.36. The number of ketones is 1. The molecule has 0 bridgehead atoms. The summed E-state index contributed by atoms with van der Waals surface area (Å²) in [5.74, 6) is -0.358. The molecule has 0 fully saturated rings. The Kier molecular flexibility index (Phi) is 5.86. The van der Waals surface area contributed by atoms with Crippen LogP contribution in [0.5, 0.6) is 5.75 Å². The zero-order valence-electron chi connectivity index (χ0n) is 15.1. The number of para-hydroxylation sites is 1. The molecule has 140 valence electrons. The molecule has 0 radical (unpaired) electrons. The van der Waals surface area contributed by atoms with Crippen molar-refractivity contribution in [1.82, 2.24) is 0 Å². The number of rotatable bonds is 8. The highest BCUT2D eigenvalue weighted by molar-refractivity contribution is 6.05. The molecule has 0 saturated heterocycles. The fourth-order valence-electron chi connectivity index (χ4n) is 2.82. The Morgan fingerprint density at radius 2 is 1.89 bits per heavy atom. The highest BCUT2D eigenvalue weighted by Crippen LogP contribution is 2.32. The lowest BCUT2D eigenvalue weighted by molar-refractivity contribution is -0.142. The molecule has 2 aromatic carbocycles. The molecule has 0 aliphatic carbocycles. The number of Topliss-reactive ketones (excluding diaryl/α,β-unsaturated/α-hetero) is 1. The van der Waals surface area contributed by atoms with Gasteiger partial charge in [-0.05, 0) is 49.2 Å². The van der Waals surface area contributed by atoms with Crippen molar-refractivity contribution in [2.45, 2.75) is 25.7 Å². The number of anilines is 1. The van der Waals surface area contributed by atoms with Gasteiger partial charge in [0.15, 0.2) is 12.4 Å². The summed E-state index contributed by atoms with van der Waals surface area (Å²) < 4.78 is 10.6. The predicted molar refractivity (Wildman–Crippen MR) is 99.9 cm³/mol. The SMILES string of the molecule is C[C@H]1C(=O)Nc2ccc(C(=O)COC(=O)CCCOc3ccccc3)cc21. The van der Waals surface area contributed by atoms with E-state index in [0.29, 0.717) is 18.6 Å². The smallest absolute Gasteiger partial charge is 0.306 e. The first-order valence-corrected chi connectivity index (χ1v) is 8.86. The van der Waals surface area contributed by atoms with Gasteiger partial charge in [-0.3, -0.25) is 14.4 Å². The Hall–Kier alpha value is -3.15. The zero-order valence-corrected chi connectivity index (χ0v) is 15.1. The fourth-order valence-corrected chi connectivity index (χ4v) is 2.82. The molecule has 3 rings (SSSR count). The van der Waals surface area contributed by atoms with Gasteiger partial charge < -0.3 is 14.8 Å². The van der Waals surface area contributed by atoms with E-state index in [9.17, 15) is 14.4 Å². The van der Waals surface area contributed by atoms with E-state index < -0.39 is 5.97 Å². The van der Waals surface area contributed by atoms with Crippen molar-refractivity contribution in [2.24, 2.45) is 0 Å². The number of hydrogen-bond donors (Lipinski definition) is 1. The molecule has 1 atom stereocenters. The molecule has 6 heteroatoms. The van der Waals surface area contributed by atoms with Crippen LogP contribution in [0.15, 0.2) is 48.5 Å². The summed E-state index contributed by atoms with van der Waals surface area (Å²) >= 11 is 0. The van der Waals surface area contributed by atoms with Gasteiger partial charge in [0, 0.05) is 17.7 Å². The predicted octanol–water partition coefficient (Wildman–Crippen LogP) is 3.33. The van der Waals surface area contributed by atoms with Crippen molar-refractivity contribution in [3.63, 3.8) is 0 Å². The van der Waals surface area contributed by atoms with Gasteiger partial charge in [0.1, 0.15) is 5.75 Å². The number of benzene rings is 2. The molecule has 0 saturated carbocycles. The lowest BCUT2D eigenvalue weighted by Crippen LogP contribution is -2.15. The van der Waals surface area contributed by atoms with E-state index in [1.54, 1.807) is 25.1 Å². The quantitative estimate of drug-likeness (QED) is 0.440. The van der Waals surface area contributed by atoms with Crippen molar-refractivity contribution in [2.75, 3.05) is 18.5 Å². The molecule has 1 aliphatic heterocycles. The summed E-state index contributed by atoms with van der Waals surface area (Å²) in [5, 5.41) is 2.76. The molecule has 0 unspecified atom stereocenters. The lowest BCUT2D eigenvalue weighted by Gasteiger charge is -2.08. The van der Waals surface area contributed by atoms with Crippen molar-refractivity contribution >= 4 is 23.3 Å². The second-order valence-electron chi connectivity index (χ2n) is 6.36. The summed E-state index contributed by atoms with van der Waals surface area (Å²) in [6.07, 6.45) is 0.686. The van der Waals surface area contributed by atoms with Gasteiger partial charge in [-0.25, -0.2) is 0 Å². The second kappa shape index (κ2) is 8.49. The maximum Gasteiger partial charge on any atom is 0.306 e. The Balaban J connectivity index is 1.41. The van der Waals surface area contributed by atoms with Gasteiger partial charge in [0.05, 0.1) is 12.5 Å². The van der Waals surface area contributed by atoms with Crippen molar-refractivity contribution in [3.8, 4) is 5.75 Å². The number of amides is 1. The number of ether oxygens (including phenoxy) is 2. The summed E-state index contributed by atoms with van der Waals surface area (Å²) in [6, 6.07) is 14.4. The molecular weight excluding hydrogens is 346 g/mol. The highest BCUT2D eigenvalue weighted by atomic mass is 16.5. The van der Waals surface area contributed by atoms with E-state index in [0.717, 1.165) is 17.0 Å². The number of esters is 1. The Labute approximate surface area is 157 Å². The van der Waals surface area contributed by atoms with Crippen LogP contribution in [0, 0.1) is 0 Å². The van der Waals surface area contributed by atoms with Gasteiger partial charge in [-0.2, -0.15) is 0 Å². The molecule has 0 spiro atoms. The molecule has 27 heavy (non-hydrogen) atoms. The van der Waals surface area contributed by atoms with Gasteiger partial charge in [0.2, 0.25) is 5.91 Å². The Morgan fingerprint density at radius 1 is 1.11 bits per heavy atom. The molecule has 2 aromatic rings.